The van der Waals surface area contributed by atoms with E-state index in [0.29, 0.717) is 6.10 Å². The number of hydrogen-bond donors (Lipinski definition) is 0. The van der Waals surface area contributed by atoms with Crippen molar-refractivity contribution in [1.29, 1.82) is 0 Å². The van der Waals surface area contributed by atoms with E-state index in [0.717, 1.165) is 12.6 Å². The molecular formula is C14H26N2OS. The molecule has 4 heteroatoms. The quantitative estimate of drug-likeness (QED) is 0.775. The highest BCUT2D eigenvalue weighted by Crippen LogP contribution is 2.23. The van der Waals surface area contributed by atoms with Gasteiger partial charge in [-0.2, -0.15) is 11.8 Å². The first-order chi connectivity index (χ1) is 8.92. The van der Waals surface area contributed by atoms with Gasteiger partial charge in [-0.15, -0.1) is 0 Å². The van der Waals surface area contributed by atoms with Gasteiger partial charge in [-0.3, -0.25) is 9.80 Å². The van der Waals surface area contributed by atoms with Crippen LogP contribution >= 0.6 is 11.8 Å². The van der Waals surface area contributed by atoms with E-state index in [4.69, 9.17) is 4.74 Å². The highest BCUT2D eigenvalue weighted by molar-refractivity contribution is 7.99. The molecule has 0 radical (unpaired) electrons. The van der Waals surface area contributed by atoms with Crippen LogP contribution in [0.25, 0.3) is 0 Å². The Balaban J connectivity index is 1.39. The fraction of sp³-hybridized carbons (Fsp3) is 1.00. The number of piperazine rings is 1. The van der Waals surface area contributed by atoms with Crippen LogP contribution in [-0.2, 0) is 4.74 Å². The van der Waals surface area contributed by atoms with Crippen molar-refractivity contribution >= 4 is 11.8 Å². The van der Waals surface area contributed by atoms with Crippen molar-refractivity contribution < 1.29 is 4.74 Å². The van der Waals surface area contributed by atoms with Gasteiger partial charge in [0.1, 0.15) is 0 Å². The lowest BCUT2D eigenvalue weighted by Crippen LogP contribution is -2.52. The molecule has 0 saturated carbocycles. The van der Waals surface area contributed by atoms with Gasteiger partial charge in [0.25, 0.3) is 0 Å². The molecule has 0 N–H and O–H groups in total. The van der Waals surface area contributed by atoms with Gasteiger partial charge in [0, 0.05) is 51.1 Å². The average molecular weight is 270 g/mol. The van der Waals surface area contributed by atoms with Crippen LogP contribution in [0, 0.1) is 0 Å². The number of nitrogens with zero attached hydrogens (tertiary/aromatic N) is 2. The van der Waals surface area contributed by atoms with Crippen molar-refractivity contribution in [2.24, 2.45) is 0 Å². The minimum Gasteiger partial charge on any atom is -0.377 e. The van der Waals surface area contributed by atoms with Crippen molar-refractivity contribution in [3.63, 3.8) is 0 Å². The highest BCUT2D eigenvalue weighted by atomic mass is 32.2. The topological polar surface area (TPSA) is 15.7 Å². The summed E-state index contributed by atoms with van der Waals surface area (Å²) in [6.45, 7) is 7.22. The zero-order valence-electron chi connectivity index (χ0n) is 11.4. The maximum atomic E-state index is 5.85. The summed E-state index contributed by atoms with van der Waals surface area (Å²) in [7, 11) is 0. The lowest BCUT2D eigenvalue weighted by atomic mass is 10.1. The maximum absolute atomic E-state index is 5.85. The maximum Gasteiger partial charge on any atom is 0.0702 e. The predicted molar refractivity (Wildman–Crippen MR) is 77.3 cm³/mol. The molecule has 0 amide bonds. The average Bonchev–Trinajstić information content (AvgIpc) is 2.95. The van der Waals surface area contributed by atoms with E-state index in [-0.39, 0.29) is 0 Å². The van der Waals surface area contributed by atoms with Crippen molar-refractivity contribution in [3.05, 3.63) is 0 Å². The summed E-state index contributed by atoms with van der Waals surface area (Å²) in [5.74, 6) is 2.74. The Hall–Kier alpha value is 0.230. The molecule has 0 bridgehead atoms. The Morgan fingerprint density at radius 2 is 1.94 bits per heavy atom. The van der Waals surface area contributed by atoms with Crippen molar-refractivity contribution in [3.8, 4) is 0 Å². The van der Waals surface area contributed by atoms with Crippen LogP contribution in [0.1, 0.15) is 25.7 Å². The molecule has 0 aromatic rings. The smallest absolute Gasteiger partial charge is 0.0702 e. The lowest BCUT2D eigenvalue weighted by Gasteiger charge is -2.39. The van der Waals surface area contributed by atoms with Gasteiger partial charge in [0.05, 0.1) is 6.10 Å². The molecule has 3 saturated heterocycles. The third kappa shape index (κ3) is 3.41. The zero-order valence-corrected chi connectivity index (χ0v) is 12.2. The fourth-order valence-corrected chi connectivity index (χ4v) is 4.62. The lowest BCUT2D eigenvalue weighted by molar-refractivity contribution is -0.0162. The molecule has 18 heavy (non-hydrogen) atoms. The van der Waals surface area contributed by atoms with E-state index in [1.807, 2.05) is 0 Å². The first kappa shape index (κ1) is 13.2. The number of ether oxygens (including phenoxy) is 1. The van der Waals surface area contributed by atoms with Crippen LogP contribution in [0.4, 0.5) is 0 Å². The molecule has 3 rings (SSSR count). The Kier molecular flexibility index (Phi) is 4.85. The van der Waals surface area contributed by atoms with E-state index >= 15 is 0 Å². The summed E-state index contributed by atoms with van der Waals surface area (Å²) >= 11 is 2.13. The van der Waals surface area contributed by atoms with Gasteiger partial charge >= 0.3 is 0 Å². The Bertz CT molecular complexity index is 244. The van der Waals surface area contributed by atoms with E-state index in [2.05, 4.69) is 21.6 Å². The summed E-state index contributed by atoms with van der Waals surface area (Å²) in [5, 5.41) is 0. The fourth-order valence-electron chi connectivity index (χ4n) is 3.36. The SMILES string of the molecule is C1CC[C@H](CN2CCN([C@@H]3CCSC3)CC2)OC1. The first-order valence-electron chi connectivity index (χ1n) is 7.57. The van der Waals surface area contributed by atoms with Gasteiger partial charge < -0.3 is 4.74 Å². The van der Waals surface area contributed by atoms with Gasteiger partial charge in [0.15, 0.2) is 0 Å². The van der Waals surface area contributed by atoms with E-state index < -0.39 is 0 Å². The minimum atomic E-state index is 0.521. The summed E-state index contributed by atoms with van der Waals surface area (Å²) in [4.78, 5) is 5.34. The summed E-state index contributed by atoms with van der Waals surface area (Å²) in [6.07, 6.45) is 5.84. The highest BCUT2D eigenvalue weighted by Gasteiger charge is 2.27. The molecule has 0 aromatic carbocycles. The van der Waals surface area contributed by atoms with Crippen LogP contribution in [0.15, 0.2) is 0 Å². The van der Waals surface area contributed by atoms with E-state index in [9.17, 15) is 0 Å². The second kappa shape index (κ2) is 6.60. The van der Waals surface area contributed by atoms with Crippen molar-refractivity contribution in [2.75, 3.05) is 50.8 Å². The normalized spacial score (nSPS) is 36.0. The minimum absolute atomic E-state index is 0.521. The zero-order chi connectivity index (χ0) is 12.2. The van der Waals surface area contributed by atoms with Crippen LogP contribution in [0.2, 0.25) is 0 Å². The van der Waals surface area contributed by atoms with Crippen LogP contribution in [0.5, 0.6) is 0 Å². The summed E-state index contributed by atoms with van der Waals surface area (Å²) in [6, 6.07) is 0.878. The van der Waals surface area contributed by atoms with Crippen molar-refractivity contribution in [1.82, 2.24) is 9.80 Å². The Labute approximate surface area is 115 Å². The van der Waals surface area contributed by atoms with Gasteiger partial charge in [0.2, 0.25) is 0 Å². The first-order valence-corrected chi connectivity index (χ1v) is 8.73. The van der Waals surface area contributed by atoms with Crippen LogP contribution in [0.3, 0.4) is 0 Å². The molecule has 0 aliphatic carbocycles. The molecular weight excluding hydrogens is 244 g/mol. The number of rotatable bonds is 3. The van der Waals surface area contributed by atoms with Gasteiger partial charge in [-0.05, 0) is 31.4 Å². The van der Waals surface area contributed by atoms with E-state index in [1.165, 1.54) is 69.9 Å². The number of hydrogen-bond acceptors (Lipinski definition) is 4. The second-order valence-electron chi connectivity index (χ2n) is 5.84. The molecule has 3 fully saturated rings. The van der Waals surface area contributed by atoms with Crippen LogP contribution < -0.4 is 0 Å². The van der Waals surface area contributed by atoms with Crippen LogP contribution in [-0.4, -0.2) is 72.8 Å². The second-order valence-corrected chi connectivity index (χ2v) is 6.99. The largest absolute Gasteiger partial charge is 0.377 e. The van der Waals surface area contributed by atoms with Crippen molar-refractivity contribution in [2.45, 2.75) is 37.8 Å². The monoisotopic (exact) mass is 270 g/mol. The Morgan fingerprint density at radius 1 is 1.06 bits per heavy atom. The molecule has 104 valence electrons. The third-order valence-corrected chi connectivity index (χ3v) is 5.71. The standard InChI is InChI=1S/C14H26N2OS/c1-2-9-17-14(3-1)11-15-5-7-16(8-6-15)13-4-10-18-12-13/h13-14H,1-12H2/t13-,14-/m1/s1. The Morgan fingerprint density at radius 3 is 2.61 bits per heavy atom. The van der Waals surface area contributed by atoms with Gasteiger partial charge in [-0.25, -0.2) is 0 Å². The molecule has 3 aliphatic heterocycles. The molecule has 0 aromatic heterocycles. The molecule has 0 unspecified atom stereocenters. The molecule has 2 atom stereocenters. The number of thioether (sulfide) groups is 1. The van der Waals surface area contributed by atoms with E-state index in [1.54, 1.807) is 0 Å². The summed E-state index contributed by atoms with van der Waals surface area (Å²) < 4.78 is 5.85. The molecule has 3 aliphatic rings. The molecule has 3 nitrogen and oxygen atoms in total. The predicted octanol–water partition coefficient (Wildman–Crippen LogP) is 1.68. The third-order valence-electron chi connectivity index (χ3n) is 4.56. The molecule has 0 spiro atoms. The van der Waals surface area contributed by atoms with Gasteiger partial charge in [-0.1, -0.05) is 0 Å². The molecule has 3 heterocycles. The summed E-state index contributed by atoms with van der Waals surface area (Å²) in [5.41, 5.74) is 0.